The van der Waals surface area contributed by atoms with E-state index in [1.165, 1.54) is 24.1 Å². The van der Waals surface area contributed by atoms with Gasteiger partial charge in [0.25, 0.3) is 0 Å². The topological polar surface area (TPSA) is 53.6 Å². The van der Waals surface area contributed by atoms with Crippen LogP contribution in [0.2, 0.25) is 0 Å². The molecule has 0 spiro atoms. The molecule has 1 saturated heterocycles. The molecular formula is C11H12N4S. The summed E-state index contributed by atoms with van der Waals surface area (Å²) in [7, 11) is 0. The summed E-state index contributed by atoms with van der Waals surface area (Å²) >= 11 is 1.62. The highest BCUT2D eigenvalue weighted by atomic mass is 32.1. The van der Waals surface area contributed by atoms with E-state index in [1.54, 1.807) is 11.3 Å². The average Bonchev–Trinajstić information content (AvgIpc) is 2.98. The van der Waals surface area contributed by atoms with Gasteiger partial charge < -0.3 is 5.32 Å². The maximum Gasteiger partial charge on any atom is 0.116 e. The van der Waals surface area contributed by atoms with Gasteiger partial charge in [0, 0.05) is 35.1 Å². The first-order chi connectivity index (χ1) is 7.92. The zero-order chi connectivity index (χ0) is 10.5. The molecule has 2 aromatic rings. The van der Waals surface area contributed by atoms with Gasteiger partial charge in [0.15, 0.2) is 0 Å². The molecule has 16 heavy (non-hydrogen) atoms. The first-order valence-electron chi connectivity index (χ1n) is 5.63. The predicted octanol–water partition coefficient (Wildman–Crippen LogP) is 1.88. The molecule has 2 atom stereocenters. The molecule has 0 amide bonds. The summed E-state index contributed by atoms with van der Waals surface area (Å²) in [5, 5.41) is 13.3. The van der Waals surface area contributed by atoms with E-state index in [9.17, 15) is 0 Å². The van der Waals surface area contributed by atoms with Crippen molar-refractivity contribution in [3.8, 4) is 11.4 Å². The minimum absolute atomic E-state index is 0.490. The van der Waals surface area contributed by atoms with E-state index in [-0.39, 0.29) is 0 Å². The molecular weight excluding hydrogens is 220 g/mol. The van der Waals surface area contributed by atoms with Crippen LogP contribution in [0.1, 0.15) is 30.1 Å². The van der Waals surface area contributed by atoms with Gasteiger partial charge in [-0.1, -0.05) is 0 Å². The summed E-state index contributed by atoms with van der Waals surface area (Å²) in [4.78, 5) is 4.36. The van der Waals surface area contributed by atoms with E-state index >= 15 is 0 Å². The number of hydrogen-bond acceptors (Lipinski definition) is 4. The summed E-state index contributed by atoms with van der Waals surface area (Å²) in [6.45, 7) is 0. The van der Waals surface area contributed by atoms with Crippen LogP contribution < -0.4 is 5.32 Å². The number of aromatic amines is 1. The largest absolute Gasteiger partial charge is 0.307 e. The Balaban J connectivity index is 1.88. The van der Waals surface area contributed by atoms with E-state index in [4.69, 9.17) is 0 Å². The summed E-state index contributed by atoms with van der Waals surface area (Å²) in [5.74, 6) is 0. The van der Waals surface area contributed by atoms with Gasteiger partial charge in [0.1, 0.15) is 11.4 Å². The van der Waals surface area contributed by atoms with Crippen LogP contribution in [0.15, 0.2) is 10.9 Å². The van der Waals surface area contributed by atoms with Crippen molar-refractivity contribution in [2.24, 2.45) is 0 Å². The second-order valence-corrected chi connectivity index (χ2v) is 5.25. The van der Waals surface area contributed by atoms with Gasteiger partial charge in [-0.2, -0.15) is 5.10 Å². The van der Waals surface area contributed by atoms with Crippen LogP contribution in [0.25, 0.3) is 11.4 Å². The lowest BCUT2D eigenvalue weighted by Gasteiger charge is -2.21. The van der Waals surface area contributed by atoms with E-state index in [0.29, 0.717) is 12.1 Å². The van der Waals surface area contributed by atoms with Crippen molar-refractivity contribution in [3.05, 3.63) is 22.1 Å². The van der Waals surface area contributed by atoms with Crippen LogP contribution in [0.4, 0.5) is 0 Å². The standard InChI is InChI=1S/C11H12N4S/c1-2-7-10-8(3-6(1)13-7)14-15-11(10)9-4-16-5-12-9/h4-7,13H,1-3H2,(H,14,15). The van der Waals surface area contributed by atoms with Gasteiger partial charge in [-0.25, -0.2) is 4.98 Å². The van der Waals surface area contributed by atoms with Crippen molar-refractivity contribution in [2.75, 3.05) is 0 Å². The SMILES string of the molecule is c1nc(-c2n[nH]c3c2C2CCC(C3)N2)cs1. The minimum Gasteiger partial charge on any atom is -0.307 e. The van der Waals surface area contributed by atoms with Crippen LogP contribution in [0.5, 0.6) is 0 Å². The van der Waals surface area contributed by atoms with E-state index < -0.39 is 0 Å². The van der Waals surface area contributed by atoms with E-state index in [0.717, 1.165) is 17.8 Å². The predicted molar refractivity (Wildman–Crippen MR) is 62.3 cm³/mol. The summed E-state index contributed by atoms with van der Waals surface area (Å²) in [6, 6.07) is 1.14. The Morgan fingerprint density at radius 1 is 1.38 bits per heavy atom. The molecule has 1 fully saturated rings. The van der Waals surface area contributed by atoms with Crippen molar-refractivity contribution in [2.45, 2.75) is 31.3 Å². The highest BCUT2D eigenvalue weighted by molar-refractivity contribution is 7.07. The number of rotatable bonds is 1. The Kier molecular flexibility index (Phi) is 1.75. The molecule has 0 saturated carbocycles. The van der Waals surface area contributed by atoms with Gasteiger partial charge in [-0.15, -0.1) is 11.3 Å². The highest BCUT2D eigenvalue weighted by Gasteiger charge is 2.36. The third kappa shape index (κ3) is 1.13. The van der Waals surface area contributed by atoms with Gasteiger partial charge >= 0.3 is 0 Å². The number of aromatic nitrogens is 3. The Morgan fingerprint density at radius 3 is 3.25 bits per heavy atom. The molecule has 82 valence electrons. The molecule has 4 rings (SSSR count). The van der Waals surface area contributed by atoms with Crippen LogP contribution >= 0.6 is 11.3 Å². The summed E-state index contributed by atoms with van der Waals surface area (Å²) < 4.78 is 0. The zero-order valence-electron chi connectivity index (χ0n) is 8.73. The molecule has 4 heterocycles. The Hall–Kier alpha value is -1.20. The van der Waals surface area contributed by atoms with Crippen molar-refractivity contribution < 1.29 is 0 Å². The molecule has 2 unspecified atom stereocenters. The second-order valence-electron chi connectivity index (χ2n) is 4.54. The van der Waals surface area contributed by atoms with Gasteiger partial charge in [-0.3, -0.25) is 5.10 Å². The maximum atomic E-state index is 4.44. The summed E-state index contributed by atoms with van der Waals surface area (Å²) in [5.41, 5.74) is 6.60. The minimum atomic E-state index is 0.490. The number of nitrogens with one attached hydrogen (secondary N) is 2. The second kappa shape index (κ2) is 3.15. The molecule has 2 aromatic heterocycles. The third-order valence-electron chi connectivity index (χ3n) is 3.60. The quantitative estimate of drug-likeness (QED) is 0.789. The molecule has 2 N–H and O–H groups in total. The third-order valence-corrected chi connectivity index (χ3v) is 4.18. The first-order valence-corrected chi connectivity index (χ1v) is 6.58. The van der Waals surface area contributed by atoms with Crippen LogP contribution in [-0.4, -0.2) is 21.2 Å². The van der Waals surface area contributed by atoms with Gasteiger partial charge in [0.2, 0.25) is 0 Å². The van der Waals surface area contributed by atoms with Crippen molar-refractivity contribution >= 4 is 11.3 Å². The molecule has 4 nitrogen and oxygen atoms in total. The smallest absolute Gasteiger partial charge is 0.116 e. The van der Waals surface area contributed by atoms with E-state index in [2.05, 4.69) is 25.9 Å². The maximum absolute atomic E-state index is 4.44. The fraction of sp³-hybridized carbons (Fsp3) is 0.455. The van der Waals surface area contributed by atoms with Crippen LogP contribution in [0.3, 0.4) is 0 Å². The molecule has 0 radical (unpaired) electrons. The lowest BCUT2D eigenvalue weighted by atomic mass is 9.99. The van der Waals surface area contributed by atoms with Crippen LogP contribution in [0, 0.1) is 0 Å². The van der Waals surface area contributed by atoms with Crippen LogP contribution in [-0.2, 0) is 6.42 Å². The molecule has 2 aliphatic heterocycles. The lowest BCUT2D eigenvalue weighted by Crippen LogP contribution is -2.31. The number of thiazole rings is 1. The van der Waals surface area contributed by atoms with Crippen molar-refractivity contribution in [3.63, 3.8) is 0 Å². The van der Waals surface area contributed by atoms with Gasteiger partial charge in [-0.05, 0) is 12.8 Å². The number of nitrogens with zero attached hydrogens (tertiary/aromatic N) is 2. The van der Waals surface area contributed by atoms with Crippen molar-refractivity contribution in [1.29, 1.82) is 0 Å². The first kappa shape index (κ1) is 8.90. The Morgan fingerprint density at radius 2 is 2.38 bits per heavy atom. The summed E-state index contributed by atoms with van der Waals surface area (Å²) in [6.07, 6.45) is 3.60. The Labute approximate surface area is 97.1 Å². The highest BCUT2D eigenvalue weighted by Crippen LogP contribution is 2.39. The molecule has 0 aromatic carbocycles. The Bertz CT molecular complexity index is 516. The number of fused-ring (bicyclic) bond motifs is 4. The monoisotopic (exact) mass is 232 g/mol. The fourth-order valence-corrected chi connectivity index (χ4v) is 3.43. The molecule has 5 heteroatoms. The lowest BCUT2D eigenvalue weighted by molar-refractivity contribution is 0.511. The molecule has 2 bridgehead atoms. The average molecular weight is 232 g/mol. The van der Waals surface area contributed by atoms with Crippen molar-refractivity contribution in [1.82, 2.24) is 20.5 Å². The molecule has 2 aliphatic rings. The van der Waals surface area contributed by atoms with E-state index in [1.807, 2.05) is 5.51 Å². The zero-order valence-corrected chi connectivity index (χ0v) is 9.55. The molecule has 0 aliphatic carbocycles. The number of H-pyrrole nitrogens is 1. The number of hydrogen-bond donors (Lipinski definition) is 2. The normalized spacial score (nSPS) is 27.0. The van der Waals surface area contributed by atoms with Gasteiger partial charge in [0.05, 0.1) is 5.51 Å². The fourth-order valence-electron chi connectivity index (χ4n) is 2.90.